The van der Waals surface area contributed by atoms with Gasteiger partial charge in [0.1, 0.15) is 104 Å². The quantitative estimate of drug-likeness (QED) is 0.0300. The van der Waals surface area contributed by atoms with E-state index in [-0.39, 0.29) is 74.6 Å². The number of ether oxygens (including phenoxy) is 8. The first-order valence-corrected chi connectivity index (χ1v) is 36.3. The molecule has 0 radical (unpaired) electrons. The first-order valence-electron chi connectivity index (χ1n) is 36.3. The van der Waals surface area contributed by atoms with E-state index in [1.807, 2.05) is 6.08 Å². The van der Waals surface area contributed by atoms with E-state index in [0.717, 1.165) is 55.0 Å². The van der Waals surface area contributed by atoms with Gasteiger partial charge in [0.25, 0.3) is 0 Å². The Morgan fingerprint density at radius 1 is 0.515 bits per heavy atom. The minimum Gasteiger partial charge on any atom is -0.394 e. The Labute approximate surface area is 589 Å². The van der Waals surface area contributed by atoms with Gasteiger partial charge in [0.15, 0.2) is 18.3 Å². The Morgan fingerprint density at radius 3 is 1.62 bits per heavy atom. The zero-order valence-electron chi connectivity index (χ0n) is 58.1. The van der Waals surface area contributed by atoms with Gasteiger partial charge >= 0.3 is 0 Å². The lowest BCUT2D eigenvalue weighted by Gasteiger charge is -2.46. The lowest BCUT2D eigenvalue weighted by Crippen LogP contribution is -2.65. The average molecular weight is 1400 g/mol. The smallest absolute Gasteiger partial charge is 0.220 e. The summed E-state index contributed by atoms with van der Waals surface area (Å²) >= 11 is 0. The lowest BCUT2D eigenvalue weighted by atomic mass is 9.79. The monoisotopic (exact) mass is 1400 g/mol. The van der Waals surface area contributed by atoms with Crippen molar-refractivity contribution in [1.29, 1.82) is 0 Å². The van der Waals surface area contributed by atoms with Crippen molar-refractivity contribution in [3.63, 3.8) is 0 Å². The van der Waals surface area contributed by atoms with Crippen molar-refractivity contribution < 1.29 is 103 Å². The number of amides is 2. The Morgan fingerprint density at radius 2 is 1.01 bits per heavy atom. The van der Waals surface area contributed by atoms with Crippen LogP contribution in [-0.2, 0) is 58.3 Å². The Balaban J connectivity index is 0.666. The molecular weight excluding hydrogens is 1300 g/mol. The SMILES string of the molecule is CC1(C)C(=CC=CC=CC=CC2=[N+](CCCCCC(=O)NC[C@H]3O[C@@H]4CCCO[C@H]5[C@H](O)[C@@H](O)C(OC3[C@H](O)[C@H]4O)O[C@@H]5CO)c3ccc4ccccc4c3C2(C)C)N(CCCCCC(=O)NC[C@H]2OC3OC4[C@@H](CO)O[C@H](CCCO[C@H]2[C@H](O)[C@H]3O)[C@H](O)[C@H]4O)c2ccc3ccccc3c21. The van der Waals surface area contributed by atoms with Crippen LogP contribution in [0.25, 0.3) is 21.5 Å². The first kappa shape index (κ1) is 74.8. The predicted octanol–water partition coefficient (Wildman–Crippen LogP) is 4.06. The van der Waals surface area contributed by atoms with E-state index in [9.17, 15) is 60.7 Å². The first-order chi connectivity index (χ1) is 48.7. The molecule has 0 aliphatic carbocycles. The molecule has 8 bridgehead atoms. The molecule has 14 aliphatic heterocycles. The minimum atomic E-state index is -1.60. The average Bonchev–Trinajstić information content (AvgIpc) is 1.58. The maximum atomic E-state index is 13.5. The molecule has 24 nitrogen and oxygen atoms in total. The van der Waals surface area contributed by atoms with Crippen molar-refractivity contribution in [3.8, 4) is 0 Å². The van der Waals surface area contributed by atoms with Gasteiger partial charge in [0.05, 0.1) is 30.8 Å². The summed E-state index contributed by atoms with van der Waals surface area (Å²) in [4.78, 5) is 29.4. The second kappa shape index (κ2) is 33.0. The number of unbranched alkanes of at least 4 members (excludes halogenated alkanes) is 4. The van der Waals surface area contributed by atoms with Crippen molar-refractivity contribution in [2.24, 2.45) is 0 Å². The van der Waals surface area contributed by atoms with Crippen molar-refractivity contribution in [2.45, 2.75) is 238 Å². The molecule has 0 aromatic heterocycles. The van der Waals surface area contributed by atoms with Gasteiger partial charge < -0.3 is 104 Å². The molecule has 24 heteroatoms. The van der Waals surface area contributed by atoms with Crippen LogP contribution in [0.15, 0.2) is 121 Å². The fraction of sp³-hybridized carbons (Fsp3) is 0.597. The van der Waals surface area contributed by atoms with Crippen LogP contribution in [0.2, 0.25) is 0 Å². The van der Waals surface area contributed by atoms with Gasteiger partial charge in [-0.2, -0.15) is 4.58 Å². The summed E-state index contributed by atoms with van der Waals surface area (Å²) in [5, 5.41) is 119. The number of aliphatic hydroxyl groups excluding tert-OH is 10. The molecule has 20 atom stereocenters. The summed E-state index contributed by atoms with van der Waals surface area (Å²) < 4.78 is 50.3. The number of anilines is 1. The summed E-state index contributed by atoms with van der Waals surface area (Å²) in [6, 6.07) is 25.7. The minimum absolute atomic E-state index is 0.0561. The van der Waals surface area contributed by atoms with E-state index in [0.29, 0.717) is 32.2 Å². The zero-order chi connectivity index (χ0) is 71.3. The fourth-order valence-electron chi connectivity index (χ4n) is 16.3. The number of benzene rings is 4. The largest absolute Gasteiger partial charge is 0.394 e. The maximum absolute atomic E-state index is 13.5. The van der Waals surface area contributed by atoms with Crippen LogP contribution in [0.3, 0.4) is 0 Å². The third kappa shape index (κ3) is 15.9. The Bertz CT molecular complexity index is 3670. The highest BCUT2D eigenvalue weighted by molar-refractivity contribution is 6.07. The zero-order valence-corrected chi connectivity index (χ0v) is 58.1. The Hall–Kier alpha value is -5.95. The molecule has 0 saturated carbocycles. The molecule has 18 rings (SSSR count). The number of fused-ring (bicyclic) bond motifs is 6. The molecule has 14 heterocycles. The second-order valence-electron chi connectivity index (χ2n) is 29.2. The van der Waals surface area contributed by atoms with Crippen LogP contribution in [-0.4, -0.2) is 248 Å². The van der Waals surface area contributed by atoms with Crippen molar-refractivity contribution >= 4 is 50.4 Å². The van der Waals surface area contributed by atoms with Gasteiger partial charge in [-0.3, -0.25) is 9.59 Å². The number of nitrogens with zero attached hydrogens (tertiary/aromatic N) is 2. The van der Waals surface area contributed by atoms with Crippen molar-refractivity contribution in [2.75, 3.05) is 57.5 Å². The van der Waals surface area contributed by atoms with Gasteiger partial charge in [-0.15, -0.1) is 0 Å². The van der Waals surface area contributed by atoms with Crippen molar-refractivity contribution in [3.05, 3.63) is 132 Å². The Kier molecular flexibility index (Phi) is 24.4. The number of aliphatic hydroxyl groups is 10. The molecule has 12 N–H and O–H groups in total. The van der Waals surface area contributed by atoms with Gasteiger partial charge in [0, 0.05) is 86.6 Å². The summed E-state index contributed by atoms with van der Waals surface area (Å²) in [5.41, 5.74) is 6.44. The van der Waals surface area contributed by atoms with Gasteiger partial charge in [-0.05, 0) is 111 Å². The predicted molar refractivity (Wildman–Crippen MR) is 374 cm³/mol. The number of allylic oxidation sites excluding steroid dienone is 8. The normalized spacial score (nSPS) is 34.5. The molecule has 4 unspecified atom stereocenters. The summed E-state index contributed by atoms with van der Waals surface area (Å²) in [7, 11) is 0. The highest BCUT2D eigenvalue weighted by atomic mass is 16.7. The number of nitrogens with one attached hydrogen (secondary N) is 2. The maximum Gasteiger partial charge on any atom is 0.220 e. The number of rotatable bonds is 22. The van der Waals surface area contributed by atoms with E-state index in [1.165, 1.54) is 32.7 Å². The molecule has 550 valence electrons. The molecule has 4 aromatic rings. The summed E-state index contributed by atoms with van der Waals surface area (Å²) in [6.45, 7) is 9.55. The van der Waals surface area contributed by atoms with Crippen LogP contribution in [0.5, 0.6) is 0 Å². The van der Waals surface area contributed by atoms with Gasteiger partial charge in [-0.25, -0.2) is 0 Å². The van der Waals surface area contributed by atoms with E-state index < -0.39 is 136 Å². The third-order valence-corrected chi connectivity index (χ3v) is 21.7. The molecular formula is C77H103N4O20+. The number of carbonyl (C=O) groups is 2. The van der Waals surface area contributed by atoms with E-state index in [1.54, 1.807) is 0 Å². The number of hydrogen-bond donors (Lipinski definition) is 12. The van der Waals surface area contributed by atoms with Crippen LogP contribution >= 0.6 is 0 Å². The number of hydrogen-bond acceptors (Lipinski definition) is 21. The van der Waals surface area contributed by atoms with Crippen LogP contribution in [0.1, 0.15) is 116 Å². The topological polar surface area (TPSA) is 341 Å². The van der Waals surface area contributed by atoms with Gasteiger partial charge in [-0.1, -0.05) is 105 Å². The highest BCUT2D eigenvalue weighted by Gasteiger charge is 2.54. The molecule has 14 aliphatic rings. The highest BCUT2D eigenvalue weighted by Crippen LogP contribution is 2.51. The molecule has 12 saturated heterocycles. The molecule has 4 aromatic carbocycles. The molecule has 0 spiro atoms. The van der Waals surface area contributed by atoms with Gasteiger partial charge in [0.2, 0.25) is 17.5 Å². The van der Waals surface area contributed by atoms with E-state index in [2.05, 4.69) is 157 Å². The fourth-order valence-corrected chi connectivity index (χ4v) is 16.3. The third-order valence-electron chi connectivity index (χ3n) is 21.7. The molecule has 2 amide bonds. The van der Waals surface area contributed by atoms with Crippen molar-refractivity contribution in [1.82, 2.24) is 10.6 Å². The standard InChI is InChI=1S/C77H102N4O20/c1-76(2)56(80(48-34-32-44-22-14-16-24-46(44)60(48)76)36-18-8-12-30-58(84)78-40-52-70-66(90)68(92)74(98-52)101-73-55(43-83)97-51(27-21-38-94-70)63(87)65(73)89)28-10-6-5-7-11-29-57-77(3,4)61-47-25-17-15-23-45(47)33-35-49(61)81(57)37-19-9-13-31-59(85)79-41-53-72-64(88)62(86)50(96-53)26-20-39-95-71-54(42-82)99-75(100-72)69(93)67(71)91/h5-7,10-11,14-17,22-25,28-29,32-35,50-55,62-75,82-83,86-93H,8-9,12-13,18-21,26-27,30-31,36-43H2,1-4H3,(H-,78,79,84,85)/p+1/t50-,51-,52-,53-,54-,55-,62+,63+,64-,65-,66-,67-,68-,69-,70-,71-,72?,73?,74?,75?/m1/s1. The number of carbonyl (C=O) groups excluding carboxylic acids is 2. The van der Waals surface area contributed by atoms with Crippen LogP contribution in [0, 0.1) is 0 Å². The molecule has 101 heavy (non-hydrogen) atoms. The van der Waals surface area contributed by atoms with E-state index >= 15 is 0 Å². The summed E-state index contributed by atoms with van der Waals surface area (Å²) in [5.74, 6) is -0.447. The summed E-state index contributed by atoms with van der Waals surface area (Å²) in [6.07, 6.45) is -3.99. The van der Waals surface area contributed by atoms with E-state index in [4.69, 9.17) is 37.9 Å². The van der Waals surface area contributed by atoms with Crippen LogP contribution in [0.4, 0.5) is 11.4 Å². The molecule has 12 fully saturated rings. The van der Waals surface area contributed by atoms with Crippen LogP contribution < -0.4 is 15.5 Å². The second-order valence-corrected chi connectivity index (χ2v) is 29.2. The lowest BCUT2D eigenvalue weighted by molar-refractivity contribution is -0.438.